The summed E-state index contributed by atoms with van der Waals surface area (Å²) in [5, 5.41) is 5.27. The van der Waals surface area contributed by atoms with Crippen LogP contribution in [0, 0.1) is 6.92 Å². The highest BCUT2D eigenvalue weighted by Crippen LogP contribution is 2.34. The predicted molar refractivity (Wildman–Crippen MR) is 89.4 cm³/mol. The molecule has 0 fully saturated rings. The number of sulfonamides is 1. The van der Waals surface area contributed by atoms with Crippen molar-refractivity contribution in [1.29, 1.82) is 0 Å². The Kier molecular flexibility index (Phi) is 4.97. The predicted octanol–water partition coefficient (Wildman–Crippen LogP) is 2.71. The van der Waals surface area contributed by atoms with E-state index in [9.17, 15) is 17.2 Å². The van der Waals surface area contributed by atoms with E-state index < -0.39 is 39.2 Å². The normalized spacial score (nSPS) is 19.2. The zero-order valence-electron chi connectivity index (χ0n) is 14.0. The van der Waals surface area contributed by atoms with Gasteiger partial charge in [-0.15, -0.1) is 11.3 Å². The van der Waals surface area contributed by atoms with Gasteiger partial charge in [0, 0.05) is 24.4 Å². The first-order valence-electron chi connectivity index (χ1n) is 7.74. The minimum absolute atomic E-state index is 0.000403. The molecule has 2 unspecified atom stereocenters. The maximum absolute atomic E-state index is 13.3. The molecule has 0 aromatic carbocycles. The molecule has 6 nitrogen and oxygen atoms in total. The maximum atomic E-state index is 13.3. The number of alkyl halides is 2. The van der Waals surface area contributed by atoms with Crippen molar-refractivity contribution >= 4 is 21.4 Å². The fraction of sp³-hybridized carbons (Fsp3) is 0.533. The van der Waals surface area contributed by atoms with E-state index in [4.69, 9.17) is 4.74 Å². The minimum Gasteiger partial charge on any atom is -0.371 e. The number of ether oxygens (including phenoxy) is 1. The van der Waals surface area contributed by atoms with Gasteiger partial charge in [0.1, 0.15) is 0 Å². The van der Waals surface area contributed by atoms with E-state index in [2.05, 4.69) is 9.82 Å². The van der Waals surface area contributed by atoms with Crippen LogP contribution in [0.3, 0.4) is 0 Å². The van der Waals surface area contributed by atoms with Crippen molar-refractivity contribution < 1.29 is 21.9 Å². The first-order valence-corrected chi connectivity index (χ1v) is 10.1. The fourth-order valence-corrected chi connectivity index (χ4v) is 5.71. The number of rotatable bonds is 5. The second-order valence-electron chi connectivity index (χ2n) is 5.98. The van der Waals surface area contributed by atoms with Crippen LogP contribution in [0.5, 0.6) is 0 Å². The van der Waals surface area contributed by atoms with Gasteiger partial charge in [-0.1, -0.05) is 0 Å². The molecule has 1 N–H and O–H groups in total. The van der Waals surface area contributed by atoms with Gasteiger partial charge in [0.25, 0.3) is 16.4 Å². The monoisotopic (exact) mass is 391 g/mol. The quantitative estimate of drug-likeness (QED) is 0.851. The summed E-state index contributed by atoms with van der Waals surface area (Å²) < 4.78 is 61.3. The lowest BCUT2D eigenvalue weighted by Crippen LogP contribution is -2.40. The van der Waals surface area contributed by atoms with Gasteiger partial charge >= 0.3 is 0 Å². The van der Waals surface area contributed by atoms with Gasteiger partial charge in [-0.05, 0) is 30.9 Å². The maximum Gasteiger partial charge on any atom is 0.268 e. The van der Waals surface area contributed by atoms with Gasteiger partial charge in [-0.3, -0.25) is 4.68 Å². The van der Waals surface area contributed by atoms with E-state index in [0.29, 0.717) is 6.61 Å². The van der Waals surface area contributed by atoms with Crippen LogP contribution in [-0.2, 0) is 28.2 Å². The summed E-state index contributed by atoms with van der Waals surface area (Å²) in [6.45, 7) is 3.53. The van der Waals surface area contributed by atoms with Crippen LogP contribution in [0.1, 0.15) is 41.2 Å². The Balaban J connectivity index is 1.91. The summed E-state index contributed by atoms with van der Waals surface area (Å²) in [4.78, 5) is 1.16. The van der Waals surface area contributed by atoms with E-state index in [1.165, 1.54) is 14.0 Å². The van der Waals surface area contributed by atoms with E-state index >= 15 is 0 Å². The van der Waals surface area contributed by atoms with Gasteiger partial charge in [-0.2, -0.15) is 5.10 Å². The van der Waals surface area contributed by atoms with Gasteiger partial charge < -0.3 is 4.74 Å². The molecule has 3 rings (SSSR count). The minimum atomic E-state index is -4.19. The zero-order valence-corrected chi connectivity index (χ0v) is 15.6. The van der Waals surface area contributed by atoms with Crippen LogP contribution >= 0.6 is 11.3 Å². The molecule has 10 heteroatoms. The second kappa shape index (κ2) is 6.75. The highest BCUT2D eigenvalue weighted by molar-refractivity contribution is 7.89. The van der Waals surface area contributed by atoms with Crippen molar-refractivity contribution in [2.75, 3.05) is 6.61 Å². The van der Waals surface area contributed by atoms with Crippen molar-refractivity contribution in [2.45, 2.75) is 43.9 Å². The molecule has 138 valence electrons. The first kappa shape index (κ1) is 18.4. The van der Waals surface area contributed by atoms with E-state index in [-0.39, 0.29) is 5.69 Å². The largest absolute Gasteiger partial charge is 0.371 e. The number of hydrogen-bond donors (Lipinski definition) is 1. The lowest BCUT2D eigenvalue weighted by Gasteiger charge is -2.29. The molecule has 0 amide bonds. The van der Waals surface area contributed by atoms with Crippen molar-refractivity contribution in [3.05, 3.63) is 33.1 Å². The molecule has 1 aliphatic heterocycles. The van der Waals surface area contributed by atoms with Crippen LogP contribution < -0.4 is 4.72 Å². The molecule has 0 radical (unpaired) electrons. The molecule has 1 aliphatic rings. The molecule has 0 aliphatic carbocycles. The second-order valence-corrected chi connectivity index (χ2v) is 8.61. The molecule has 3 heterocycles. The van der Waals surface area contributed by atoms with Gasteiger partial charge in [0.2, 0.25) is 0 Å². The average Bonchev–Trinajstić information content (AvgIpc) is 3.10. The van der Waals surface area contributed by atoms with Crippen molar-refractivity contribution in [3.63, 3.8) is 0 Å². The number of aryl methyl sites for hydroxylation is 2. The molecule has 2 aromatic heterocycles. The molecule has 0 bridgehead atoms. The van der Waals surface area contributed by atoms with Crippen LogP contribution in [0.4, 0.5) is 8.78 Å². The van der Waals surface area contributed by atoms with E-state index in [1.54, 1.807) is 18.3 Å². The van der Waals surface area contributed by atoms with E-state index in [1.807, 2.05) is 11.4 Å². The van der Waals surface area contributed by atoms with Crippen molar-refractivity contribution in [2.24, 2.45) is 7.05 Å². The Hall–Kier alpha value is -1.36. The summed E-state index contributed by atoms with van der Waals surface area (Å²) in [5.41, 5.74) is 0.379. The summed E-state index contributed by atoms with van der Waals surface area (Å²) >= 11 is 1.60. The number of aromatic nitrogens is 2. The van der Waals surface area contributed by atoms with Gasteiger partial charge in [0.05, 0.1) is 24.0 Å². The summed E-state index contributed by atoms with van der Waals surface area (Å²) in [5.74, 6) is 0. The molecular weight excluding hydrogens is 372 g/mol. The number of hydrogen-bond acceptors (Lipinski definition) is 5. The van der Waals surface area contributed by atoms with Crippen molar-refractivity contribution in [1.82, 2.24) is 14.5 Å². The zero-order chi connectivity index (χ0) is 18.4. The fourth-order valence-electron chi connectivity index (χ4n) is 3.17. The topological polar surface area (TPSA) is 73.2 Å². The average molecular weight is 391 g/mol. The van der Waals surface area contributed by atoms with Crippen molar-refractivity contribution in [3.8, 4) is 0 Å². The SMILES string of the molecule is Cc1nn(C)c(S(=O)(=O)NC(C)C2OCCc3sccc32)c1C(F)F. The number of nitrogens with zero attached hydrogens (tertiary/aromatic N) is 2. The molecule has 0 spiro atoms. The molecule has 2 aromatic rings. The lowest BCUT2D eigenvalue weighted by atomic mass is 10.0. The van der Waals surface area contributed by atoms with Gasteiger partial charge in [0.15, 0.2) is 5.03 Å². The van der Waals surface area contributed by atoms with Gasteiger partial charge in [-0.25, -0.2) is 21.9 Å². The molecule has 0 saturated carbocycles. The van der Waals surface area contributed by atoms with E-state index in [0.717, 1.165) is 21.5 Å². The third kappa shape index (κ3) is 3.35. The number of thiophene rings is 1. The lowest BCUT2D eigenvalue weighted by molar-refractivity contribution is 0.0260. The molecule has 0 saturated heterocycles. The van der Waals surface area contributed by atoms with Crippen LogP contribution in [0.15, 0.2) is 16.5 Å². The first-order chi connectivity index (χ1) is 11.7. The summed E-state index contributed by atoms with van der Waals surface area (Å²) in [6, 6.07) is 1.30. The standard InChI is InChI=1S/C15H19F2N3O3S2/c1-8-12(14(16)17)15(20(3)18-8)25(21,22)19-9(2)13-10-5-7-24-11(10)4-6-23-13/h5,7,9,13-14,19H,4,6H2,1-3H3. The molecule has 25 heavy (non-hydrogen) atoms. The number of halogens is 2. The third-order valence-electron chi connectivity index (χ3n) is 4.19. The Labute approximate surface area is 148 Å². The number of fused-ring (bicyclic) bond motifs is 1. The smallest absolute Gasteiger partial charge is 0.268 e. The molecular formula is C15H19F2N3O3S2. The Morgan fingerprint density at radius 1 is 1.48 bits per heavy atom. The Morgan fingerprint density at radius 2 is 2.20 bits per heavy atom. The number of nitrogens with one attached hydrogen (secondary N) is 1. The molecule has 2 atom stereocenters. The van der Waals surface area contributed by atoms with Crippen LogP contribution in [0.2, 0.25) is 0 Å². The Morgan fingerprint density at radius 3 is 2.88 bits per heavy atom. The van der Waals surface area contributed by atoms with Crippen LogP contribution in [0.25, 0.3) is 0 Å². The Bertz CT molecular complexity index is 877. The third-order valence-corrected chi connectivity index (χ3v) is 6.87. The highest BCUT2D eigenvalue weighted by atomic mass is 32.2. The van der Waals surface area contributed by atoms with Crippen LogP contribution in [-0.4, -0.2) is 30.8 Å². The summed E-state index contributed by atoms with van der Waals surface area (Å²) in [7, 11) is -2.85. The summed E-state index contributed by atoms with van der Waals surface area (Å²) in [6.07, 6.45) is -2.58. The highest BCUT2D eigenvalue weighted by Gasteiger charge is 2.35.